The number of rotatable bonds is 1. The molecule has 2 aliphatic rings. The third-order valence-corrected chi connectivity index (χ3v) is 4.54. The molecule has 0 unspecified atom stereocenters. The van der Waals surface area contributed by atoms with Gasteiger partial charge in [0, 0.05) is 0 Å². The van der Waals surface area contributed by atoms with Crippen LogP contribution >= 0.6 is 0 Å². The molecule has 2 atom stereocenters. The Kier molecular flexibility index (Phi) is 2.66. The van der Waals surface area contributed by atoms with Crippen LogP contribution in [0.4, 0.5) is 0 Å². The van der Waals surface area contributed by atoms with Gasteiger partial charge in [-0.25, -0.2) is 0 Å². The molecule has 17 heavy (non-hydrogen) atoms. The summed E-state index contributed by atoms with van der Waals surface area (Å²) in [4.78, 5) is 0. The molecule has 0 spiro atoms. The van der Waals surface area contributed by atoms with Crippen LogP contribution in [0.5, 0.6) is 0 Å². The summed E-state index contributed by atoms with van der Waals surface area (Å²) in [5, 5.41) is 0. The Morgan fingerprint density at radius 3 is 2.71 bits per heavy atom. The highest BCUT2D eigenvalue weighted by Crippen LogP contribution is 2.49. The van der Waals surface area contributed by atoms with Gasteiger partial charge in [-0.15, -0.1) is 0 Å². The average molecular weight is 224 g/mol. The lowest BCUT2D eigenvalue weighted by Crippen LogP contribution is -2.31. The van der Waals surface area contributed by atoms with Crippen LogP contribution in [0.2, 0.25) is 0 Å². The third-order valence-electron chi connectivity index (χ3n) is 4.54. The molecule has 0 radical (unpaired) electrons. The quantitative estimate of drug-likeness (QED) is 0.599. The smallest absolute Gasteiger partial charge is 0.0216 e. The highest BCUT2D eigenvalue weighted by Gasteiger charge is 2.37. The average Bonchev–Trinajstić information content (AvgIpc) is 2.38. The summed E-state index contributed by atoms with van der Waals surface area (Å²) < 4.78 is 0. The van der Waals surface area contributed by atoms with Crippen LogP contribution in [0.1, 0.15) is 38.2 Å². The molecule has 0 heteroatoms. The Balaban J connectivity index is 1.89. The third kappa shape index (κ3) is 1.97. The zero-order valence-electron chi connectivity index (χ0n) is 10.5. The molecule has 3 rings (SSSR count). The fourth-order valence-corrected chi connectivity index (χ4v) is 3.33. The Hall–Kier alpha value is -1.30. The van der Waals surface area contributed by atoms with Gasteiger partial charge >= 0.3 is 0 Å². The lowest BCUT2D eigenvalue weighted by Gasteiger charge is -2.42. The van der Waals surface area contributed by atoms with Gasteiger partial charge in [0.2, 0.25) is 0 Å². The molecule has 88 valence electrons. The number of fused-ring (bicyclic) bond motifs is 1. The van der Waals surface area contributed by atoms with Crippen LogP contribution in [-0.4, -0.2) is 0 Å². The molecule has 2 aliphatic carbocycles. The predicted molar refractivity (Wildman–Crippen MR) is 73.6 cm³/mol. The number of benzene rings is 1. The van der Waals surface area contributed by atoms with E-state index in [1.165, 1.54) is 31.2 Å². The molecular formula is C17H20. The van der Waals surface area contributed by atoms with Crippen molar-refractivity contribution in [2.24, 2.45) is 11.3 Å². The van der Waals surface area contributed by atoms with Gasteiger partial charge < -0.3 is 0 Å². The second kappa shape index (κ2) is 4.18. The van der Waals surface area contributed by atoms with Gasteiger partial charge in [0.25, 0.3) is 0 Å². The lowest BCUT2D eigenvalue weighted by molar-refractivity contribution is 0.178. The molecule has 0 heterocycles. The summed E-state index contributed by atoms with van der Waals surface area (Å²) >= 11 is 0. The topological polar surface area (TPSA) is 0 Å². The van der Waals surface area contributed by atoms with Crippen molar-refractivity contribution in [1.29, 1.82) is 0 Å². The first-order valence-corrected chi connectivity index (χ1v) is 6.67. The molecule has 0 saturated carbocycles. The van der Waals surface area contributed by atoms with E-state index < -0.39 is 0 Å². The summed E-state index contributed by atoms with van der Waals surface area (Å²) in [6.45, 7) is 2.47. The molecule has 0 N–H and O–H groups in total. The number of allylic oxidation sites excluding steroid dienone is 4. The summed E-state index contributed by atoms with van der Waals surface area (Å²) in [7, 11) is 0. The molecule has 0 fully saturated rings. The Morgan fingerprint density at radius 1 is 1.06 bits per heavy atom. The molecule has 0 bridgehead atoms. The fourth-order valence-electron chi connectivity index (χ4n) is 3.33. The maximum atomic E-state index is 2.47. The summed E-state index contributed by atoms with van der Waals surface area (Å²) in [6, 6.07) is 10.9. The standard InChI is InChI=1S/C17H20/c1-17-12-6-5-9-16(17)11-10-15(13-17)14-7-3-2-4-8-14/h2-8,10,16H,9,11-13H2,1H3/t16-,17-/m1/s1. The van der Waals surface area contributed by atoms with Crippen LogP contribution in [0.3, 0.4) is 0 Å². The van der Waals surface area contributed by atoms with E-state index in [0.29, 0.717) is 5.41 Å². The molecule has 1 aromatic carbocycles. The van der Waals surface area contributed by atoms with E-state index in [0.717, 1.165) is 5.92 Å². The van der Waals surface area contributed by atoms with Crippen LogP contribution in [0.25, 0.3) is 5.57 Å². The zero-order chi connectivity index (χ0) is 11.7. The summed E-state index contributed by atoms with van der Waals surface area (Å²) in [5.41, 5.74) is 3.47. The molecule has 0 nitrogen and oxygen atoms in total. The van der Waals surface area contributed by atoms with E-state index in [4.69, 9.17) is 0 Å². The summed E-state index contributed by atoms with van der Waals surface area (Å²) in [5.74, 6) is 0.861. The van der Waals surface area contributed by atoms with Crippen LogP contribution in [-0.2, 0) is 0 Å². The highest BCUT2D eigenvalue weighted by molar-refractivity contribution is 5.67. The highest BCUT2D eigenvalue weighted by atomic mass is 14.4. The number of hydrogen-bond donors (Lipinski definition) is 0. The zero-order valence-corrected chi connectivity index (χ0v) is 10.5. The van der Waals surface area contributed by atoms with Crippen molar-refractivity contribution in [3.8, 4) is 0 Å². The Bertz CT molecular complexity index is 452. The van der Waals surface area contributed by atoms with Gasteiger partial charge in [-0.2, -0.15) is 0 Å². The molecule has 0 aliphatic heterocycles. The maximum absolute atomic E-state index is 2.47. The second-order valence-electron chi connectivity index (χ2n) is 5.77. The minimum atomic E-state index is 0.495. The lowest BCUT2D eigenvalue weighted by atomic mass is 9.62. The van der Waals surface area contributed by atoms with E-state index in [1.54, 1.807) is 5.57 Å². The van der Waals surface area contributed by atoms with Crippen LogP contribution < -0.4 is 0 Å². The van der Waals surface area contributed by atoms with E-state index in [2.05, 4.69) is 55.5 Å². The monoisotopic (exact) mass is 224 g/mol. The van der Waals surface area contributed by atoms with E-state index in [1.807, 2.05) is 0 Å². The Morgan fingerprint density at radius 2 is 1.88 bits per heavy atom. The van der Waals surface area contributed by atoms with Gasteiger partial charge in [0.05, 0.1) is 0 Å². The molecule has 0 amide bonds. The van der Waals surface area contributed by atoms with E-state index in [9.17, 15) is 0 Å². The largest absolute Gasteiger partial charge is 0.0882 e. The van der Waals surface area contributed by atoms with E-state index >= 15 is 0 Å². The molecular weight excluding hydrogens is 204 g/mol. The second-order valence-corrected chi connectivity index (χ2v) is 5.77. The first kappa shape index (κ1) is 10.8. The van der Waals surface area contributed by atoms with Gasteiger partial charge in [-0.1, -0.05) is 55.5 Å². The Labute approximate surface area is 104 Å². The van der Waals surface area contributed by atoms with E-state index in [-0.39, 0.29) is 0 Å². The first-order valence-electron chi connectivity index (χ1n) is 6.67. The van der Waals surface area contributed by atoms with Gasteiger partial charge in [0.15, 0.2) is 0 Å². The van der Waals surface area contributed by atoms with Crippen molar-refractivity contribution in [3.05, 3.63) is 54.1 Å². The first-order chi connectivity index (χ1) is 8.28. The van der Waals surface area contributed by atoms with Crippen LogP contribution in [0, 0.1) is 11.3 Å². The normalized spacial score (nSPS) is 31.8. The predicted octanol–water partition coefficient (Wildman–Crippen LogP) is 4.84. The van der Waals surface area contributed by atoms with Crippen molar-refractivity contribution in [1.82, 2.24) is 0 Å². The molecule has 0 saturated heterocycles. The van der Waals surface area contributed by atoms with Gasteiger partial charge in [-0.3, -0.25) is 0 Å². The van der Waals surface area contributed by atoms with Crippen molar-refractivity contribution >= 4 is 5.57 Å². The molecule has 0 aromatic heterocycles. The SMILES string of the molecule is C[C@]12CC=CC[C@@H]1CC=C(c1ccccc1)C2. The van der Waals surface area contributed by atoms with Crippen molar-refractivity contribution in [2.45, 2.75) is 32.6 Å². The van der Waals surface area contributed by atoms with Gasteiger partial charge in [0.1, 0.15) is 0 Å². The fraction of sp³-hybridized carbons (Fsp3) is 0.412. The number of hydrogen-bond acceptors (Lipinski definition) is 0. The summed E-state index contributed by atoms with van der Waals surface area (Å²) in [6.07, 6.45) is 12.2. The van der Waals surface area contributed by atoms with Crippen molar-refractivity contribution in [2.75, 3.05) is 0 Å². The van der Waals surface area contributed by atoms with Crippen molar-refractivity contribution < 1.29 is 0 Å². The molecule has 1 aromatic rings. The van der Waals surface area contributed by atoms with Crippen molar-refractivity contribution in [3.63, 3.8) is 0 Å². The van der Waals surface area contributed by atoms with Gasteiger partial charge in [-0.05, 0) is 48.2 Å². The minimum absolute atomic E-state index is 0.495. The van der Waals surface area contributed by atoms with Crippen LogP contribution in [0.15, 0.2) is 48.6 Å². The maximum Gasteiger partial charge on any atom is -0.0216 e. The minimum Gasteiger partial charge on any atom is -0.0882 e.